The van der Waals surface area contributed by atoms with Gasteiger partial charge in [-0.1, -0.05) is 48.5 Å². The Morgan fingerprint density at radius 1 is 0.588 bits per heavy atom. The average Bonchev–Trinajstić information content (AvgIpc) is 2.37. The molecule has 0 aliphatic rings. The van der Waals surface area contributed by atoms with Gasteiger partial charge in [-0.2, -0.15) is 9.59 Å². The Balaban J connectivity index is 0.000000329. The number of rotatable bonds is 0. The lowest BCUT2D eigenvalue weighted by molar-refractivity contribution is -0.191. The molecule has 0 N–H and O–H groups in total. The fourth-order valence-electron chi connectivity index (χ4n) is 1.88. The minimum absolute atomic E-state index is 0.250. The van der Waals surface area contributed by atoms with Crippen LogP contribution >= 0.6 is 0 Å². The van der Waals surface area contributed by atoms with E-state index in [2.05, 4.69) is 60.7 Å². The van der Waals surface area contributed by atoms with E-state index in [1.807, 2.05) is 0 Å². The van der Waals surface area contributed by atoms with E-state index < -0.39 is 0 Å². The normalized spacial score (nSPS) is 9.41. The first-order valence-corrected chi connectivity index (χ1v) is 5.22. The van der Waals surface area contributed by atoms with Gasteiger partial charge in [0.25, 0.3) is 0 Å². The number of benzene rings is 3. The molecule has 0 atom stereocenters. The first-order chi connectivity index (χ1) is 8.35. The van der Waals surface area contributed by atoms with E-state index in [1.165, 1.54) is 21.5 Å². The standard InChI is InChI=1S/C14H10.CO2/c1-2-6-12-10-14-8-4-3-7-13(14)9-11(12)5-1;2-1-3/h1-10H;. The summed E-state index contributed by atoms with van der Waals surface area (Å²) in [5.41, 5.74) is 0. The van der Waals surface area contributed by atoms with Gasteiger partial charge in [-0.3, -0.25) is 0 Å². The van der Waals surface area contributed by atoms with E-state index >= 15 is 0 Å². The van der Waals surface area contributed by atoms with Gasteiger partial charge < -0.3 is 0 Å². The van der Waals surface area contributed by atoms with Gasteiger partial charge in [-0.15, -0.1) is 0 Å². The Morgan fingerprint density at radius 3 is 1.06 bits per heavy atom. The zero-order valence-corrected chi connectivity index (χ0v) is 9.09. The molecule has 0 bridgehead atoms. The van der Waals surface area contributed by atoms with E-state index in [-0.39, 0.29) is 6.15 Å². The topological polar surface area (TPSA) is 34.1 Å². The summed E-state index contributed by atoms with van der Waals surface area (Å²) in [4.78, 5) is 16.2. The highest BCUT2D eigenvalue weighted by atomic mass is 16.2. The molecular weight excluding hydrogens is 212 g/mol. The van der Waals surface area contributed by atoms with Gasteiger partial charge in [0.1, 0.15) is 0 Å². The molecule has 0 amide bonds. The van der Waals surface area contributed by atoms with Crippen molar-refractivity contribution in [1.29, 1.82) is 0 Å². The van der Waals surface area contributed by atoms with E-state index in [0.717, 1.165) is 0 Å². The summed E-state index contributed by atoms with van der Waals surface area (Å²) in [6.45, 7) is 0. The van der Waals surface area contributed by atoms with Crippen LogP contribution in [0.5, 0.6) is 0 Å². The summed E-state index contributed by atoms with van der Waals surface area (Å²) in [5.74, 6) is 0. The van der Waals surface area contributed by atoms with Gasteiger partial charge in [-0.25, -0.2) is 0 Å². The van der Waals surface area contributed by atoms with Crippen molar-refractivity contribution in [3.8, 4) is 0 Å². The zero-order valence-electron chi connectivity index (χ0n) is 9.09. The quantitative estimate of drug-likeness (QED) is 0.546. The smallest absolute Gasteiger partial charge is 0.186 e. The van der Waals surface area contributed by atoms with Crippen molar-refractivity contribution in [2.75, 3.05) is 0 Å². The molecule has 0 fully saturated rings. The second-order valence-electron chi connectivity index (χ2n) is 3.63. The van der Waals surface area contributed by atoms with Crippen LogP contribution in [0, 0.1) is 0 Å². The van der Waals surface area contributed by atoms with E-state index in [1.54, 1.807) is 0 Å². The van der Waals surface area contributed by atoms with Gasteiger partial charge in [0.2, 0.25) is 0 Å². The monoisotopic (exact) mass is 222 g/mol. The third-order valence-corrected chi connectivity index (χ3v) is 2.61. The minimum atomic E-state index is 0.250. The van der Waals surface area contributed by atoms with Gasteiger partial charge in [-0.05, 0) is 33.7 Å². The summed E-state index contributed by atoms with van der Waals surface area (Å²) in [5, 5.41) is 5.25. The third-order valence-electron chi connectivity index (χ3n) is 2.61. The van der Waals surface area contributed by atoms with E-state index in [0.29, 0.717) is 0 Å². The summed E-state index contributed by atoms with van der Waals surface area (Å²) in [7, 11) is 0. The Bertz CT molecular complexity index is 575. The highest BCUT2D eigenvalue weighted by Crippen LogP contribution is 2.21. The molecule has 0 radical (unpaired) electrons. The highest BCUT2D eigenvalue weighted by Gasteiger charge is 1.95. The summed E-state index contributed by atoms with van der Waals surface area (Å²) < 4.78 is 0. The largest absolute Gasteiger partial charge is 0.373 e. The first kappa shape index (κ1) is 11.1. The molecule has 2 heteroatoms. The van der Waals surface area contributed by atoms with E-state index in [9.17, 15) is 0 Å². The molecule has 0 saturated heterocycles. The lowest BCUT2D eigenvalue weighted by Gasteiger charge is -2.00. The van der Waals surface area contributed by atoms with Crippen molar-refractivity contribution in [3.05, 3.63) is 60.7 Å². The summed E-state index contributed by atoms with van der Waals surface area (Å²) in [6.07, 6.45) is 0.250. The SMILES string of the molecule is O=C=O.c1ccc2cc3ccccc3cc2c1. The van der Waals surface area contributed by atoms with Crippen molar-refractivity contribution in [2.24, 2.45) is 0 Å². The maximum absolute atomic E-state index is 8.12. The molecule has 3 aromatic rings. The van der Waals surface area contributed by atoms with Crippen LogP contribution in [-0.4, -0.2) is 6.15 Å². The molecule has 82 valence electrons. The van der Waals surface area contributed by atoms with Crippen molar-refractivity contribution in [3.63, 3.8) is 0 Å². The van der Waals surface area contributed by atoms with Crippen LogP contribution in [0.4, 0.5) is 0 Å². The molecule has 0 heterocycles. The maximum Gasteiger partial charge on any atom is 0.373 e. The lowest BCUT2D eigenvalue weighted by Crippen LogP contribution is -1.74. The molecule has 0 saturated carbocycles. The number of fused-ring (bicyclic) bond motifs is 2. The highest BCUT2D eigenvalue weighted by molar-refractivity contribution is 5.98. The predicted molar refractivity (Wildman–Crippen MR) is 66.5 cm³/mol. The van der Waals surface area contributed by atoms with Crippen LogP contribution in [-0.2, 0) is 9.59 Å². The van der Waals surface area contributed by atoms with Crippen LogP contribution in [0.25, 0.3) is 21.5 Å². The average molecular weight is 222 g/mol. The van der Waals surface area contributed by atoms with E-state index in [4.69, 9.17) is 9.59 Å². The van der Waals surface area contributed by atoms with Crippen molar-refractivity contribution in [1.82, 2.24) is 0 Å². The summed E-state index contributed by atoms with van der Waals surface area (Å²) >= 11 is 0. The molecule has 0 aliphatic carbocycles. The fourth-order valence-corrected chi connectivity index (χ4v) is 1.88. The van der Waals surface area contributed by atoms with Gasteiger partial charge in [0.15, 0.2) is 0 Å². The fraction of sp³-hybridized carbons (Fsp3) is 0. The molecule has 17 heavy (non-hydrogen) atoms. The Labute approximate surface area is 98.5 Å². The minimum Gasteiger partial charge on any atom is -0.186 e. The second-order valence-corrected chi connectivity index (χ2v) is 3.63. The van der Waals surface area contributed by atoms with Crippen molar-refractivity contribution < 1.29 is 9.59 Å². The van der Waals surface area contributed by atoms with Crippen LogP contribution in [0.2, 0.25) is 0 Å². The first-order valence-electron chi connectivity index (χ1n) is 5.22. The van der Waals surface area contributed by atoms with Crippen molar-refractivity contribution in [2.45, 2.75) is 0 Å². The molecule has 0 aliphatic heterocycles. The lowest BCUT2D eigenvalue weighted by atomic mass is 10.0. The number of hydrogen-bond donors (Lipinski definition) is 0. The molecule has 0 aromatic heterocycles. The predicted octanol–water partition coefficient (Wildman–Crippen LogP) is 3.41. The summed E-state index contributed by atoms with van der Waals surface area (Å²) in [6, 6.07) is 21.4. The number of carbonyl (C=O) groups excluding carboxylic acids is 2. The van der Waals surface area contributed by atoms with Crippen LogP contribution in [0.15, 0.2) is 60.7 Å². The van der Waals surface area contributed by atoms with Crippen LogP contribution in [0.1, 0.15) is 0 Å². The molecular formula is C15H10O2. The van der Waals surface area contributed by atoms with Gasteiger partial charge in [0, 0.05) is 0 Å². The van der Waals surface area contributed by atoms with Crippen LogP contribution < -0.4 is 0 Å². The third kappa shape index (κ3) is 2.39. The Hall–Kier alpha value is -2.44. The molecule has 3 rings (SSSR count). The number of hydrogen-bond acceptors (Lipinski definition) is 2. The maximum atomic E-state index is 8.12. The van der Waals surface area contributed by atoms with Gasteiger partial charge >= 0.3 is 6.15 Å². The van der Waals surface area contributed by atoms with Gasteiger partial charge in [0.05, 0.1) is 0 Å². The zero-order chi connectivity index (χ0) is 12.1. The molecule has 0 unspecified atom stereocenters. The molecule has 2 nitrogen and oxygen atoms in total. The van der Waals surface area contributed by atoms with Crippen LogP contribution in [0.3, 0.4) is 0 Å². The second kappa shape index (κ2) is 5.06. The Kier molecular flexibility index (Phi) is 3.29. The Morgan fingerprint density at radius 2 is 0.824 bits per heavy atom. The van der Waals surface area contributed by atoms with Crippen molar-refractivity contribution >= 4 is 27.7 Å². The molecule has 0 spiro atoms. The molecule has 3 aromatic carbocycles.